The number of amides is 3. The summed E-state index contributed by atoms with van der Waals surface area (Å²) in [6.45, 7) is 0.941. The molecule has 2 saturated heterocycles. The number of thioether (sulfide) groups is 1. The smallest absolute Gasteiger partial charge is 0.289 e. The van der Waals surface area contributed by atoms with Gasteiger partial charge in [0.2, 0.25) is 5.91 Å². The molecule has 3 rings (SSSR count). The number of ether oxygens (including phenoxy) is 1. The van der Waals surface area contributed by atoms with Gasteiger partial charge in [0.05, 0.1) is 18.9 Å². The van der Waals surface area contributed by atoms with E-state index in [0.29, 0.717) is 30.8 Å². The van der Waals surface area contributed by atoms with Crippen LogP contribution in [0.25, 0.3) is 0 Å². The molecule has 2 fully saturated rings. The molecule has 0 spiro atoms. The van der Waals surface area contributed by atoms with E-state index >= 15 is 0 Å². The largest absolute Gasteiger partial charge is 0.497 e. The van der Waals surface area contributed by atoms with Crippen LogP contribution < -0.4 is 4.74 Å². The van der Waals surface area contributed by atoms with E-state index in [1.165, 1.54) is 4.90 Å². The zero-order valence-corrected chi connectivity index (χ0v) is 13.0. The van der Waals surface area contributed by atoms with Gasteiger partial charge in [-0.15, -0.1) is 0 Å². The maximum atomic E-state index is 12.5. The Labute approximate surface area is 132 Å². The number of nitrogens with zero attached hydrogens (tertiary/aromatic N) is 2. The Kier molecular flexibility index (Phi) is 4.06. The molecule has 0 saturated carbocycles. The van der Waals surface area contributed by atoms with E-state index in [-0.39, 0.29) is 28.8 Å². The van der Waals surface area contributed by atoms with Crippen molar-refractivity contribution in [3.8, 4) is 5.75 Å². The number of benzene rings is 1. The highest BCUT2D eigenvalue weighted by atomic mass is 32.2. The van der Waals surface area contributed by atoms with E-state index in [4.69, 9.17) is 4.74 Å². The summed E-state index contributed by atoms with van der Waals surface area (Å²) < 4.78 is 5.13. The van der Waals surface area contributed by atoms with Crippen molar-refractivity contribution in [2.45, 2.75) is 12.5 Å². The highest BCUT2D eigenvalue weighted by Gasteiger charge is 2.40. The number of imide groups is 1. The fourth-order valence-corrected chi connectivity index (χ4v) is 3.57. The van der Waals surface area contributed by atoms with Crippen molar-refractivity contribution in [2.24, 2.45) is 0 Å². The van der Waals surface area contributed by atoms with E-state index in [1.54, 1.807) is 36.3 Å². The lowest BCUT2D eigenvalue weighted by Crippen LogP contribution is -2.41. The quantitative estimate of drug-likeness (QED) is 0.846. The van der Waals surface area contributed by atoms with Gasteiger partial charge in [-0.05, 0) is 24.6 Å². The molecule has 0 aliphatic carbocycles. The molecule has 2 heterocycles. The van der Waals surface area contributed by atoms with E-state index < -0.39 is 0 Å². The van der Waals surface area contributed by atoms with Gasteiger partial charge in [0.25, 0.3) is 11.1 Å². The molecule has 2 aliphatic heterocycles. The van der Waals surface area contributed by atoms with Crippen LogP contribution in [0.2, 0.25) is 0 Å². The van der Waals surface area contributed by atoms with Crippen molar-refractivity contribution in [1.29, 1.82) is 0 Å². The van der Waals surface area contributed by atoms with Gasteiger partial charge in [-0.3, -0.25) is 19.3 Å². The molecule has 3 amide bonds. The molecule has 1 aromatic carbocycles. The molecule has 1 aromatic rings. The number of carbonyl (C=O) groups excluding carboxylic acids is 3. The second-order valence-corrected chi connectivity index (χ2v) is 6.17. The Morgan fingerprint density at radius 2 is 2.18 bits per heavy atom. The molecular formula is C15H16N2O4S. The Bertz CT molecular complexity index is 618. The number of carbonyl (C=O) groups is 3. The second-order valence-electron chi connectivity index (χ2n) is 5.24. The average molecular weight is 320 g/mol. The highest BCUT2D eigenvalue weighted by molar-refractivity contribution is 8.14. The minimum Gasteiger partial charge on any atom is -0.497 e. The number of rotatable bonds is 3. The third-order valence-corrected chi connectivity index (χ3v) is 4.75. The van der Waals surface area contributed by atoms with Gasteiger partial charge in [-0.25, -0.2) is 0 Å². The normalized spacial score (nSPS) is 21.6. The third kappa shape index (κ3) is 2.68. The molecule has 22 heavy (non-hydrogen) atoms. The Balaban J connectivity index is 1.70. The molecule has 1 atom stereocenters. The summed E-state index contributed by atoms with van der Waals surface area (Å²) in [4.78, 5) is 39.0. The summed E-state index contributed by atoms with van der Waals surface area (Å²) in [7, 11) is 1.55. The van der Waals surface area contributed by atoms with Crippen LogP contribution in [0.5, 0.6) is 5.75 Å². The molecule has 0 bridgehead atoms. The minimum atomic E-state index is -0.204. The summed E-state index contributed by atoms with van der Waals surface area (Å²) in [5.41, 5.74) is 0.549. The summed E-state index contributed by atoms with van der Waals surface area (Å²) in [5.74, 6) is 0.575. The van der Waals surface area contributed by atoms with Crippen LogP contribution in [0.1, 0.15) is 16.8 Å². The molecule has 6 nitrogen and oxygen atoms in total. The lowest BCUT2D eigenvalue weighted by atomic mass is 10.2. The van der Waals surface area contributed by atoms with Crippen molar-refractivity contribution >= 4 is 28.8 Å². The predicted molar refractivity (Wildman–Crippen MR) is 82.0 cm³/mol. The van der Waals surface area contributed by atoms with Crippen LogP contribution in [0.15, 0.2) is 24.3 Å². The second kappa shape index (κ2) is 6.00. The Morgan fingerprint density at radius 3 is 2.86 bits per heavy atom. The zero-order valence-electron chi connectivity index (χ0n) is 12.2. The number of likely N-dealkylation sites (tertiary alicyclic amines) is 1. The number of methoxy groups -OCH3 is 1. The van der Waals surface area contributed by atoms with Gasteiger partial charge in [-0.2, -0.15) is 0 Å². The third-order valence-electron chi connectivity index (χ3n) is 3.92. The number of hydrogen-bond donors (Lipinski definition) is 0. The maximum Gasteiger partial charge on any atom is 0.289 e. The SMILES string of the molecule is COc1cccc(C(=O)N2CCC(N3C(=O)CSC3=O)C2)c1. The first kappa shape index (κ1) is 14.9. The van der Waals surface area contributed by atoms with Crippen LogP contribution in [0.3, 0.4) is 0 Å². The predicted octanol–water partition coefficient (Wildman–Crippen LogP) is 1.61. The van der Waals surface area contributed by atoms with Gasteiger partial charge >= 0.3 is 0 Å². The summed E-state index contributed by atoms with van der Waals surface area (Å²) in [5, 5.41) is -0.203. The van der Waals surface area contributed by atoms with Gasteiger partial charge in [0, 0.05) is 18.7 Å². The number of hydrogen-bond acceptors (Lipinski definition) is 5. The Morgan fingerprint density at radius 1 is 1.36 bits per heavy atom. The minimum absolute atomic E-state index is 0.104. The van der Waals surface area contributed by atoms with Crippen molar-refractivity contribution in [2.75, 3.05) is 26.0 Å². The molecular weight excluding hydrogens is 304 g/mol. The van der Waals surface area contributed by atoms with Gasteiger partial charge < -0.3 is 9.64 Å². The fraction of sp³-hybridized carbons (Fsp3) is 0.400. The molecule has 0 N–H and O–H groups in total. The summed E-state index contributed by atoms with van der Waals surface area (Å²) >= 11 is 1.03. The van der Waals surface area contributed by atoms with Gasteiger partial charge in [-0.1, -0.05) is 17.8 Å². The van der Waals surface area contributed by atoms with E-state index in [2.05, 4.69) is 0 Å². The summed E-state index contributed by atoms with van der Waals surface area (Å²) in [6.07, 6.45) is 0.633. The van der Waals surface area contributed by atoms with Crippen molar-refractivity contribution in [3.05, 3.63) is 29.8 Å². The van der Waals surface area contributed by atoms with Gasteiger partial charge in [0.15, 0.2) is 0 Å². The zero-order chi connectivity index (χ0) is 15.7. The first-order valence-electron chi connectivity index (χ1n) is 7.02. The molecule has 7 heteroatoms. The van der Waals surface area contributed by atoms with Crippen molar-refractivity contribution in [3.63, 3.8) is 0 Å². The van der Waals surface area contributed by atoms with E-state index in [1.807, 2.05) is 0 Å². The van der Waals surface area contributed by atoms with Crippen LogP contribution in [0.4, 0.5) is 4.79 Å². The molecule has 0 aromatic heterocycles. The first-order chi connectivity index (χ1) is 10.6. The highest BCUT2D eigenvalue weighted by Crippen LogP contribution is 2.27. The van der Waals surface area contributed by atoms with Gasteiger partial charge in [0.1, 0.15) is 5.75 Å². The van der Waals surface area contributed by atoms with Crippen LogP contribution >= 0.6 is 11.8 Å². The summed E-state index contributed by atoms with van der Waals surface area (Å²) in [6, 6.07) is 6.77. The fourth-order valence-electron chi connectivity index (χ4n) is 2.79. The van der Waals surface area contributed by atoms with Crippen LogP contribution in [0, 0.1) is 0 Å². The lowest BCUT2D eigenvalue weighted by Gasteiger charge is -2.22. The first-order valence-corrected chi connectivity index (χ1v) is 8.01. The lowest BCUT2D eigenvalue weighted by molar-refractivity contribution is -0.126. The van der Waals surface area contributed by atoms with Crippen molar-refractivity contribution in [1.82, 2.24) is 9.80 Å². The van der Waals surface area contributed by atoms with Crippen LogP contribution in [-0.2, 0) is 4.79 Å². The molecule has 0 radical (unpaired) electrons. The van der Waals surface area contributed by atoms with E-state index in [0.717, 1.165) is 11.8 Å². The standard InChI is InChI=1S/C15H16N2O4S/c1-21-12-4-2-3-10(7-12)14(19)16-6-5-11(8-16)17-13(18)9-22-15(17)20/h2-4,7,11H,5-6,8-9H2,1H3. The van der Waals surface area contributed by atoms with Crippen LogP contribution in [-0.4, -0.2) is 58.8 Å². The maximum absolute atomic E-state index is 12.5. The molecule has 1 unspecified atom stereocenters. The van der Waals surface area contributed by atoms with Crippen molar-refractivity contribution < 1.29 is 19.1 Å². The van der Waals surface area contributed by atoms with E-state index in [9.17, 15) is 14.4 Å². The molecule has 116 valence electrons. The molecule has 2 aliphatic rings. The Hall–Kier alpha value is -2.02. The topological polar surface area (TPSA) is 66.9 Å². The average Bonchev–Trinajstić information content (AvgIpc) is 3.13. The monoisotopic (exact) mass is 320 g/mol.